The van der Waals surface area contributed by atoms with Crippen LogP contribution >= 0.6 is 23.2 Å². The highest BCUT2D eigenvalue weighted by molar-refractivity contribution is 6.30. The number of rotatable bonds is 3. The predicted octanol–water partition coefficient (Wildman–Crippen LogP) is 4.27. The van der Waals surface area contributed by atoms with E-state index in [4.69, 9.17) is 27.9 Å². The Kier molecular flexibility index (Phi) is 3.65. The molecule has 0 spiro atoms. The molecule has 0 bridgehead atoms. The summed E-state index contributed by atoms with van der Waals surface area (Å²) in [6.07, 6.45) is 1.69. The third kappa shape index (κ3) is 2.87. The van der Waals surface area contributed by atoms with Gasteiger partial charge in [0, 0.05) is 23.2 Å². The highest BCUT2D eigenvalue weighted by Gasteiger charge is 1.99. The number of aromatic nitrogens is 1. The van der Waals surface area contributed by atoms with Gasteiger partial charge in [-0.3, -0.25) is 0 Å². The van der Waals surface area contributed by atoms with Crippen molar-refractivity contribution >= 4 is 23.2 Å². The molecule has 2 aromatic rings. The molecular formula is C12H9Cl2NO. The summed E-state index contributed by atoms with van der Waals surface area (Å²) in [6.45, 7) is 0. The Morgan fingerprint density at radius 1 is 1.19 bits per heavy atom. The highest BCUT2D eigenvalue weighted by Crippen LogP contribution is 2.22. The average molecular weight is 254 g/mol. The first kappa shape index (κ1) is 11.2. The Morgan fingerprint density at radius 3 is 2.69 bits per heavy atom. The molecule has 2 rings (SSSR count). The first-order valence-corrected chi connectivity index (χ1v) is 5.63. The van der Waals surface area contributed by atoms with Gasteiger partial charge in [0.15, 0.2) is 0 Å². The summed E-state index contributed by atoms with van der Waals surface area (Å²) in [7, 11) is 0. The summed E-state index contributed by atoms with van der Waals surface area (Å²) in [4.78, 5) is 4.12. The molecule has 16 heavy (non-hydrogen) atoms. The molecule has 1 aromatic carbocycles. The third-order valence-electron chi connectivity index (χ3n) is 1.97. The average Bonchev–Trinajstić information content (AvgIpc) is 2.30. The van der Waals surface area contributed by atoms with Crippen molar-refractivity contribution in [2.45, 2.75) is 5.88 Å². The Morgan fingerprint density at radius 2 is 2.06 bits per heavy atom. The van der Waals surface area contributed by atoms with Gasteiger partial charge in [0.1, 0.15) is 5.75 Å². The minimum absolute atomic E-state index is 0.449. The molecule has 0 amide bonds. The molecule has 0 unspecified atom stereocenters. The van der Waals surface area contributed by atoms with Crippen LogP contribution in [0.3, 0.4) is 0 Å². The lowest BCUT2D eigenvalue weighted by Crippen LogP contribution is -1.88. The molecule has 2 nitrogen and oxygen atoms in total. The van der Waals surface area contributed by atoms with E-state index in [1.807, 2.05) is 18.2 Å². The van der Waals surface area contributed by atoms with Crippen LogP contribution in [-0.4, -0.2) is 4.98 Å². The minimum Gasteiger partial charge on any atom is -0.439 e. The van der Waals surface area contributed by atoms with Crippen LogP contribution in [0, 0.1) is 0 Å². The van der Waals surface area contributed by atoms with Crippen molar-refractivity contribution < 1.29 is 4.74 Å². The number of alkyl halides is 1. The van der Waals surface area contributed by atoms with E-state index in [1.54, 1.807) is 24.4 Å². The minimum atomic E-state index is 0.449. The van der Waals surface area contributed by atoms with Crippen LogP contribution in [0.25, 0.3) is 0 Å². The summed E-state index contributed by atoms with van der Waals surface area (Å²) in [5.41, 5.74) is 0.958. The van der Waals surface area contributed by atoms with E-state index < -0.39 is 0 Å². The van der Waals surface area contributed by atoms with Gasteiger partial charge < -0.3 is 4.74 Å². The van der Waals surface area contributed by atoms with Crippen LogP contribution in [0.4, 0.5) is 0 Å². The molecule has 1 aromatic heterocycles. The summed E-state index contributed by atoms with van der Waals surface area (Å²) in [5.74, 6) is 1.64. The molecule has 0 atom stereocenters. The number of benzene rings is 1. The van der Waals surface area contributed by atoms with Gasteiger partial charge in [-0.15, -0.1) is 11.6 Å². The van der Waals surface area contributed by atoms with Crippen molar-refractivity contribution in [2.24, 2.45) is 0 Å². The molecule has 0 fully saturated rings. The van der Waals surface area contributed by atoms with Crippen molar-refractivity contribution in [3.05, 3.63) is 53.2 Å². The number of hydrogen-bond donors (Lipinski definition) is 0. The summed E-state index contributed by atoms with van der Waals surface area (Å²) in [5, 5.41) is 0.634. The fourth-order valence-corrected chi connectivity index (χ4v) is 1.54. The fraction of sp³-hybridized carbons (Fsp3) is 0.0833. The molecule has 0 aliphatic carbocycles. The van der Waals surface area contributed by atoms with E-state index in [1.165, 1.54) is 0 Å². The van der Waals surface area contributed by atoms with Crippen molar-refractivity contribution in [1.29, 1.82) is 0 Å². The van der Waals surface area contributed by atoms with Crippen LogP contribution in [0.1, 0.15) is 5.56 Å². The summed E-state index contributed by atoms with van der Waals surface area (Å²) in [6, 6.07) is 10.8. The van der Waals surface area contributed by atoms with Gasteiger partial charge in [0.25, 0.3) is 0 Å². The first-order chi connectivity index (χ1) is 7.78. The maximum absolute atomic E-state index is 5.84. The van der Waals surface area contributed by atoms with E-state index in [2.05, 4.69) is 4.98 Å². The van der Waals surface area contributed by atoms with Crippen LogP contribution in [0.2, 0.25) is 5.02 Å². The lowest BCUT2D eigenvalue weighted by molar-refractivity contribution is 0.462. The standard InChI is InChI=1S/C12H9Cl2NO/c13-7-9-4-5-12(15-8-9)16-11-3-1-2-10(14)6-11/h1-6,8H,7H2. The number of pyridine rings is 1. The second-order valence-electron chi connectivity index (χ2n) is 3.20. The molecule has 0 N–H and O–H groups in total. The Labute approximate surface area is 104 Å². The van der Waals surface area contributed by atoms with Gasteiger partial charge in [-0.05, 0) is 23.8 Å². The molecule has 0 aliphatic rings. The van der Waals surface area contributed by atoms with Crippen molar-refractivity contribution in [3.8, 4) is 11.6 Å². The highest BCUT2D eigenvalue weighted by atomic mass is 35.5. The second-order valence-corrected chi connectivity index (χ2v) is 3.90. The Hall–Kier alpha value is -1.25. The molecular weight excluding hydrogens is 245 g/mol. The maximum Gasteiger partial charge on any atom is 0.219 e. The molecule has 0 radical (unpaired) electrons. The molecule has 0 saturated heterocycles. The van der Waals surface area contributed by atoms with E-state index in [-0.39, 0.29) is 0 Å². The maximum atomic E-state index is 5.84. The lowest BCUT2D eigenvalue weighted by atomic mass is 10.3. The lowest BCUT2D eigenvalue weighted by Gasteiger charge is -2.04. The van der Waals surface area contributed by atoms with E-state index in [0.29, 0.717) is 22.5 Å². The number of nitrogens with zero attached hydrogens (tertiary/aromatic N) is 1. The topological polar surface area (TPSA) is 22.1 Å². The van der Waals surface area contributed by atoms with E-state index in [0.717, 1.165) is 5.56 Å². The van der Waals surface area contributed by atoms with Crippen LogP contribution in [-0.2, 0) is 5.88 Å². The number of halogens is 2. The molecule has 4 heteroatoms. The van der Waals surface area contributed by atoms with Gasteiger partial charge in [-0.25, -0.2) is 4.98 Å². The number of ether oxygens (including phenoxy) is 1. The van der Waals surface area contributed by atoms with Crippen LogP contribution in [0.5, 0.6) is 11.6 Å². The Bertz CT molecular complexity index is 471. The zero-order valence-corrected chi connectivity index (χ0v) is 9.87. The summed E-state index contributed by atoms with van der Waals surface area (Å²) >= 11 is 11.5. The fourth-order valence-electron chi connectivity index (χ4n) is 1.20. The van der Waals surface area contributed by atoms with Crippen molar-refractivity contribution in [3.63, 3.8) is 0 Å². The molecule has 82 valence electrons. The summed E-state index contributed by atoms with van der Waals surface area (Å²) < 4.78 is 5.52. The van der Waals surface area contributed by atoms with Gasteiger partial charge in [-0.1, -0.05) is 23.7 Å². The SMILES string of the molecule is ClCc1ccc(Oc2cccc(Cl)c2)nc1. The van der Waals surface area contributed by atoms with Gasteiger partial charge in [0.05, 0.1) is 0 Å². The van der Waals surface area contributed by atoms with E-state index >= 15 is 0 Å². The normalized spacial score (nSPS) is 10.1. The molecule has 0 aliphatic heterocycles. The zero-order valence-electron chi connectivity index (χ0n) is 8.36. The molecule has 0 saturated carbocycles. The third-order valence-corrected chi connectivity index (χ3v) is 2.51. The van der Waals surface area contributed by atoms with Crippen LogP contribution < -0.4 is 4.74 Å². The van der Waals surface area contributed by atoms with Crippen LogP contribution in [0.15, 0.2) is 42.6 Å². The van der Waals surface area contributed by atoms with Gasteiger partial charge >= 0.3 is 0 Å². The largest absolute Gasteiger partial charge is 0.439 e. The van der Waals surface area contributed by atoms with Crippen molar-refractivity contribution in [1.82, 2.24) is 4.98 Å². The second kappa shape index (κ2) is 5.19. The smallest absolute Gasteiger partial charge is 0.219 e. The first-order valence-electron chi connectivity index (χ1n) is 4.72. The van der Waals surface area contributed by atoms with Gasteiger partial charge in [-0.2, -0.15) is 0 Å². The Balaban J connectivity index is 2.14. The van der Waals surface area contributed by atoms with Gasteiger partial charge in [0.2, 0.25) is 5.88 Å². The van der Waals surface area contributed by atoms with Crippen molar-refractivity contribution in [2.75, 3.05) is 0 Å². The zero-order chi connectivity index (χ0) is 11.4. The quantitative estimate of drug-likeness (QED) is 0.763. The van der Waals surface area contributed by atoms with E-state index in [9.17, 15) is 0 Å². The predicted molar refractivity (Wildman–Crippen MR) is 65.3 cm³/mol. The molecule has 1 heterocycles. The number of hydrogen-bond acceptors (Lipinski definition) is 2. The monoisotopic (exact) mass is 253 g/mol.